The monoisotopic (exact) mass is 333 g/mol. The molecule has 0 aliphatic rings. The second-order valence-corrected chi connectivity index (χ2v) is 6.90. The maximum Gasteiger partial charge on any atom is 0.408 e. The van der Waals surface area contributed by atoms with E-state index in [9.17, 15) is 9.59 Å². The summed E-state index contributed by atoms with van der Waals surface area (Å²) in [5.41, 5.74) is -1.66. The number of amides is 1. The van der Waals surface area contributed by atoms with E-state index in [2.05, 4.69) is 21.2 Å². The molecule has 0 radical (unpaired) electrons. The van der Waals surface area contributed by atoms with Crippen LogP contribution in [0.1, 0.15) is 32.6 Å². The maximum absolute atomic E-state index is 11.7. The van der Waals surface area contributed by atoms with Crippen molar-refractivity contribution >= 4 is 39.6 Å². The fraction of sp³-hybridized carbons (Fsp3) is 0.500. The van der Waals surface area contributed by atoms with Gasteiger partial charge in [-0.25, -0.2) is 4.79 Å². The van der Waals surface area contributed by atoms with Crippen LogP contribution in [0.15, 0.2) is 15.9 Å². The summed E-state index contributed by atoms with van der Waals surface area (Å²) < 4.78 is 6.02. The molecule has 0 spiro atoms. The molecular formula is C12H16BrNO3S. The predicted octanol–water partition coefficient (Wildman–Crippen LogP) is 3.45. The van der Waals surface area contributed by atoms with Crippen molar-refractivity contribution in [2.24, 2.45) is 0 Å². The van der Waals surface area contributed by atoms with E-state index in [4.69, 9.17) is 4.74 Å². The van der Waals surface area contributed by atoms with Crippen molar-refractivity contribution in [1.82, 2.24) is 5.32 Å². The van der Waals surface area contributed by atoms with Gasteiger partial charge in [-0.1, -0.05) is 0 Å². The van der Waals surface area contributed by atoms with Crippen molar-refractivity contribution in [2.45, 2.75) is 38.8 Å². The standard InChI is InChI=1S/C12H16BrNO3S/c1-11(2,3)17-10(16)14-12(4,7-15)9-5-8(13)6-18-9/h5-7H,1-4H3,(H,14,16). The Hall–Kier alpha value is -0.880. The van der Waals surface area contributed by atoms with Crippen molar-refractivity contribution in [2.75, 3.05) is 0 Å². The summed E-state index contributed by atoms with van der Waals surface area (Å²) in [5.74, 6) is 0. The highest BCUT2D eigenvalue weighted by Gasteiger charge is 2.31. The van der Waals surface area contributed by atoms with Crippen molar-refractivity contribution < 1.29 is 14.3 Å². The second-order valence-electron chi connectivity index (χ2n) is 5.08. The van der Waals surface area contributed by atoms with Gasteiger partial charge in [-0.05, 0) is 49.7 Å². The minimum atomic E-state index is -1.07. The van der Waals surface area contributed by atoms with Crippen LogP contribution in [0.3, 0.4) is 0 Å². The van der Waals surface area contributed by atoms with Gasteiger partial charge < -0.3 is 14.8 Å². The highest BCUT2D eigenvalue weighted by atomic mass is 79.9. The van der Waals surface area contributed by atoms with Crippen molar-refractivity contribution in [3.05, 3.63) is 20.8 Å². The third-order valence-corrected chi connectivity index (χ3v) is 4.00. The number of alkyl carbamates (subject to hydrolysis) is 1. The Morgan fingerprint density at radius 3 is 2.44 bits per heavy atom. The minimum absolute atomic E-state index is 0.593. The van der Waals surface area contributed by atoms with Gasteiger partial charge in [0.25, 0.3) is 0 Å². The van der Waals surface area contributed by atoms with E-state index in [1.54, 1.807) is 33.8 Å². The number of hydrogen-bond acceptors (Lipinski definition) is 4. The van der Waals surface area contributed by atoms with Gasteiger partial charge >= 0.3 is 6.09 Å². The van der Waals surface area contributed by atoms with Crippen LogP contribution >= 0.6 is 27.3 Å². The first kappa shape index (κ1) is 15.2. The summed E-state index contributed by atoms with van der Waals surface area (Å²) in [6.07, 6.45) is 0.0940. The molecular weight excluding hydrogens is 318 g/mol. The molecule has 0 aliphatic heterocycles. The van der Waals surface area contributed by atoms with Crippen LogP contribution in [0, 0.1) is 0 Å². The number of aldehydes is 1. The summed E-state index contributed by atoms with van der Waals surface area (Å²) in [5, 5.41) is 4.44. The Balaban J connectivity index is 2.84. The number of carbonyl (C=O) groups is 2. The molecule has 0 fully saturated rings. The summed E-state index contributed by atoms with van der Waals surface area (Å²) in [6, 6.07) is 1.80. The fourth-order valence-corrected chi connectivity index (χ4v) is 2.76. The Morgan fingerprint density at radius 1 is 1.44 bits per heavy atom. The molecule has 1 aromatic rings. The number of nitrogens with one attached hydrogen (secondary N) is 1. The van der Waals surface area contributed by atoms with Gasteiger partial charge in [-0.3, -0.25) is 0 Å². The zero-order valence-electron chi connectivity index (χ0n) is 10.7. The van der Waals surface area contributed by atoms with Crippen LogP contribution in [0.4, 0.5) is 4.79 Å². The van der Waals surface area contributed by atoms with Crippen LogP contribution in [0.2, 0.25) is 0 Å². The van der Waals surface area contributed by atoms with Crippen LogP contribution in [0.5, 0.6) is 0 Å². The second kappa shape index (κ2) is 5.40. The lowest BCUT2D eigenvalue weighted by Crippen LogP contribution is -2.46. The zero-order chi connectivity index (χ0) is 14.0. The lowest BCUT2D eigenvalue weighted by molar-refractivity contribution is -0.113. The number of carbonyl (C=O) groups excluding carboxylic acids is 2. The van der Waals surface area contributed by atoms with Gasteiger partial charge in [-0.2, -0.15) is 0 Å². The van der Waals surface area contributed by atoms with E-state index < -0.39 is 17.2 Å². The van der Waals surface area contributed by atoms with Crippen molar-refractivity contribution in [1.29, 1.82) is 0 Å². The normalized spacial score (nSPS) is 14.7. The average molecular weight is 334 g/mol. The molecule has 100 valence electrons. The number of ether oxygens (including phenoxy) is 1. The van der Waals surface area contributed by atoms with E-state index in [1.807, 2.05) is 5.38 Å². The van der Waals surface area contributed by atoms with Crippen LogP contribution < -0.4 is 5.32 Å². The molecule has 1 amide bonds. The van der Waals surface area contributed by atoms with Gasteiger partial charge in [0.15, 0.2) is 6.29 Å². The molecule has 0 saturated heterocycles. The molecule has 1 atom stereocenters. The first-order valence-electron chi connectivity index (χ1n) is 5.38. The number of halogens is 1. The molecule has 0 bridgehead atoms. The zero-order valence-corrected chi connectivity index (χ0v) is 13.1. The van der Waals surface area contributed by atoms with Crippen molar-refractivity contribution in [3.63, 3.8) is 0 Å². The van der Waals surface area contributed by atoms with Crippen LogP contribution in [0.25, 0.3) is 0 Å². The fourth-order valence-electron chi connectivity index (χ4n) is 1.25. The number of hydrogen-bond donors (Lipinski definition) is 1. The van der Waals surface area contributed by atoms with Crippen LogP contribution in [-0.4, -0.2) is 18.0 Å². The number of rotatable bonds is 3. The topological polar surface area (TPSA) is 55.4 Å². The van der Waals surface area contributed by atoms with Gasteiger partial charge in [0.1, 0.15) is 11.1 Å². The highest BCUT2D eigenvalue weighted by molar-refractivity contribution is 9.10. The third-order valence-electron chi connectivity index (χ3n) is 2.08. The molecule has 1 aromatic heterocycles. The first-order valence-corrected chi connectivity index (χ1v) is 7.05. The predicted molar refractivity (Wildman–Crippen MR) is 74.8 cm³/mol. The molecule has 1 unspecified atom stereocenters. The van der Waals surface area contributed by atoms with Crippen LogP contribution in [-0.2, 0) is 15.1 Å². The molecule has 0 aromatic carbocycles. The SMILES string of the molecule is CC(C)(C)OC(=O)NC(C)(C=O)c1cc(Br)cs1. The molecule has 4 nitrogen and oxygen atoms in total. The lowest BCUT2D eigenvalue weighted by Gasteiger charge is -2.26. The molecule has 0 aliphatic carbocycles. The van der Waals surface area contributed by atoms with Gasteiger partial charge in [0.05, 0.1) is 0 Å². The molecule has 0 saturated carbocycles. The summed E-state index contributed by atoms with van der Waals surface area (Å²) in [4.78, 5) is 23.7. The molecule has 1 heterocycles. The number of thiophene rings is 1. The third kappa shape index (κ3) is 4.10. The lowest BCUT2D eigenvalue weighted by atomic mass is 10.0. The quantitative estimate of drug-likeness (QED) is 0.862. The van der Waals surface area contributed by atoms with E-state index in [1.165, 1.54) is 11.3 Å². The Morgan fingerprint density at radius 2 is 2.06 bits per heavy atom. The first-order chi connectivity index (χ1) is 8.16. The molecule has 18 heavy (non-hydrogen) atoms. The maximum atomic E-state index is 11.7. The van der Waals surface area contributed by atoms with Gasteiger partial charge in [0.2, 0.25) is 0 Å². The Kier molecular flexibility index (Phi) is 4.55. The van der Waals surface area contributed by atoms with Crippen molar-refractivity contribution in [3.8, 4) is 0 Å². The summed E-state index contributed by atoms with van der Waals surface area (Å²) >= 11 is 4.71. The van der Waals surface area contributed by atoms with E-state index >= 15 is 0 Å². The van der Waals surface area contributed by atoms with E-state index in [0.717, 1.165) is 9.35 Å². The molecule has 6 heteroatoms. The minimum Gasteiger partial charge on any atom is -0.444 e. The molecule has 1 N–H and O–H groups in total. The average Bonchev–Trinajstić information content (AvgIpc) is 2.62. The largest absolute Gasteiger partial charge is 0.444 e. The Bertz CT molecular complexity index is 452. The van der Waals surface area contributed by atoms with Gasteiger partial charge in [0, 0.05) is 14.7 Å². The molecule has 1 rings (SSSR count). The van der Waals surface area contributed by atoms with E-state index in [0.29, 0.717) is 6.29 Å². The summed E-state index contributed by atoms with van der Waals surface area (Å²) in [6.45, 7) is 6.95. The Labute approximate surface area is 119 Å². The smallest absolute Gasteiger partial charge is 0.408 e. The highest BCUT2D eigenvalue weighted by Crippen LogP contribution is 2.29. The van der Waals surface area contributed by atoms with Gasteiger partial charge in [-0.15, -0.1) is 11.3 Å². The summed E-state index contributed by atoms with van der Waals surface area (Å²) in [7, 11) is 0. The van der Waals surface area contributed by atoms with E-state index in [-0.39, 0.29) is 0 Å².